The highest BCUT2D eigenvalue weighted by molar-refractivity contribution is 5.93. The summed E-state index contributed by atoms with van der Waals surface area (Å²) in [5.41, 5.74) is -0.214. The van der Waals surface area contributed by atoms with Gasteiger partial charge < -0.3 is 5.32 Å². The van der Waals surface area contributed by atoms with E-state index >= 15 is 0 Å². The van der Waals surface area contributed by atoms with Crippen LogP contribution in [0.2, 0.25) is 0 Å². The van der Waals surface area contributed by atoms with Crippen molar-refractivity contribution in [1.29, 1.82) is 5.26 Å². The molecule has 1 spiro atoms. The summed E-state index contributed by atoms with van der Waals surface area (Å²) in [6, 6.07) is 1.88. The maximum absolute atomic E-state index is 10.7. The summed E-state index contributed by atoms with van der Waals surface area (Å²) in [4.78, 5) is 10.7. The minimum absolute atomic E-state index is 0.0778. The summed E-state index contributed by atoms with van der Waals surface area (Å²) < 4.78 is 0. The zero-order chi connectivity index (χ0) is 6.48. The van der Waals surface area contributed by atoms with Crippen LogP contribution in [0.15, 0.2) is 0 Å². The lowest BCUT2D eigenvalue weighted by molar-refractivity contribution is -0.135. The Morgan fingerprint density at radius 2 is 2.44 bits per heavy atom. The van der Waals surface area contributed by atoms with E-state index in [0.717, 1.165) is 12.8 Å². The maximum Gasteiger partial charge on any atom is 0.230 e. The summed E-state index contributed by atoms with van der Waals surface area (Å²) in [7, 11) is 0. The molecule has 1 aliphatic heterocycles. The van der Waals surface area contributed by atoms with Gasteiger partial charge in [-0.3, -0.25) is 4.79 Å². The van der Waals surface area contributed by atoms with Crippen molar-refractivity contribution in [3.63, 3.8) is 0 Å². The lowest BCUT2D eigenvalue weighted by Gasteiger charge is -2.31. The number of nitriles is 1. The molecule has 1 N–H and O–H groups in total. The van der Waals surface area contributed by atoms with Gasteiger partial charge in [0, 0.05) is 0 Å². The molecule has 0 radical (unpaired) electrons. The fraction of sp³-hybridized carbons (Fsp3) is 0.667. The second kappa shape index (κ2) is 1.10. The first-order chi connectivity index (χ1) is 4.29. The van der Waals surface area contributed by atoms with E-state index in [9.17, 15) is 4.79 Å². The molecule has 9 heavy (non-hydrogen) atoms. The Labute approximate surface area is 52.7 Å². The number of nitrogens with one attached hydrogen (secondary N) is 1. The third-order valence-electron chi connectivity index (χ3n) is 2.20. The average molecular weight is 122 g/mol. The predicted octanol–water partition coefficient (Wildman–Crippen LogP) is -0.211. The van der Waals surface area contributed by atoms with E-state index in [1.54, 1.807) is 0 Å². The van der Waals surface area contributed by atoms with Crippen molar-refractivity contribution in [2.45, 2.75) is 18.9 Å². The normalized spacial score (nSPS) is 34.6. The van der Waals surface area contributed by atoms with Crippen molar-refractivity contribution in [1.82, 2.24) is 5.32 Å². The van der Waals surface area contributed by atoms with Gasteiger partial charge in [-0.1, -0.05) is 0 Å². The van der Waals surface area contributed by atoms with Gasteiger partial charge in [0.1, 0.15) is 6.04 Å². The summed E-state index contributed by atoms with van der Waals surface area (Å²) in [6.45, 7) is 0. The number of carbonyl (C=O) groups is 1. The Morgan fingerprint density at radius 1 is 1.78 bits per heavy atom. The third kappa shape index (κ3) is 0.355. The number of hydrogen-bond donors (Lipinski definition) is 1. The number of rotatable bonds is 0. The molecular weight excluding hydrogens is 116 g/mol. The Balaban J connectivity index is 2.22. The molecule has 2 aliphatic rings. The van der Waals surface area contributed by atoms with Gasteiger partial charge >= 0.3 is 0 Å². The lowest BCUT2D eigenvalue weighted by Crippen LogP contribution is -2.59. The molecule has 3 nitrogen and oxygen atoms in total. The molecule has 1 amide bonds. The van der Waals surface area contributed by atoms with Gasteiger partial charge in [-0.15, -0.1) is 0 Å². The van der Waals surface area contributed by atoms with Crippen molar-refractivity contribution in [2.75, 3.05) is 0 Å². The third-order valence-corrected chi connectivity index (χ3v) is 2.20. The molecule has 1 saturated heterocycles. The molecule has 2 rings (SSSR count). The molecule has 46 valence electrons. The Bertz CT molecular complexity index is 212. The molecular formula is C6H6N2O. The fourth-order valence-electron chi connectivity index (χ4n) is 1.27. The van der Waals surface area contributed by atoms with Crippen molar-refractivity contribution in [3.05, 3.63) is 0 Å². The second-order valence-electron chi connectivity index (χ2n) is 2.69. The van der Waals surface area contributed by atoms with Gasteiger partial charge in [0.25, 0.3) is 0 Å². The van der Waals surface area contributed by atoms with Gasteiger partial charge in [0.05, 0.1) is 11.5 Å². The predicted molar refractivity (Wildman–Crippen MR) is 29.2 cm³/mol. The van der Waals surface area contributed by atoms with Crippen LogP contribution in [0, 0.1) is 16.7 Å². The Morgan fingerprint density at radius 3 is 2.67 bits per heavy atom. The van der Waals surface area contributed by atoms with Crippen LogP contribution in [0.5, 0.6) is 0 Å². The molecule has 0 aromatic heterocycles. The molecule has 1 aliphatic carbocycles. The van der Waals surface area contributed by atoms with Crippen LogP contribution in [-0.4, -0.2) is 11.9 Å². The first kappa shape index (κ1) is 4.80. The number of hydrogen-bond acceptors (Lipinski definition) is 2. The maximum atomic E-state index is 10.7. The van der Waals surface area contributed by atoms with E-state index < -0.39 is 0 Å². The van der Waals surface area contributed by atoms with Crippen molar-refractivity contribution in [3.8, 4) is 6.07 Å². The van der Waals surface area contributed by atoms with Crippen molar-refractivity contribution >= 4 is 5.91 Å². The standard InChI is InChI=1S/C6H6N2O/c7-3-4-6(1-2-6)5(9)8-4/h4H,1-2H2,(H,8,9). The van der Waals surface area contributed by atoms with Crippen LogP contribution in [0.4, 0.5) is 0 Å². The highest BCUT2D eigenvalue weighted by Gasteiger charge is 2.63. The zero-order valence-corrected chi connectivity index (χ0v) is 4.85. The summed E-state index contributed by atoms with van der Waals surface area (Å²) in [5.74, 6) is 0.0778. The summed E-state index contributed by atoms with van der Waals surface area (Å²) in [5, 5.41) is 11.0. The van der Waals surface area contributed by atoms with Crippen molar-refractivity contribution < 1.29 is 4.79 Å². The minimum atomic E-state index is -0.214. The Kier molecular flexibility index (Phi) is 0.590. The van der Waals surface area contributed by atoms with Crippen molar-refractivity contribution in [2.24, 2.45) is 5.41 Å². The molecule has 1 heterocycles. The zero-order valence-electron chi connectivity index (χ0n) is 4.85. The highest BCUT2D eigenvalue weighted by atomic mass is 16.2. The quantitative estimate of drug-likeness (QED) is 0.452. The molecule has 3 heteroatoms. The van der Waals surface area contributed by atoms with Crippen LogP contribution in [0.3, 0.4) is 0 Å². The molecule has 1 saturated carbocycles. The van der Waals surface area contributed by atoms with E-state index in [-0.39, 0.29) is 17.4 Å². The molecule has 0 aromatic carbocycles. The number of nitrogens with zero attached hydrogens (tertiary/aromatic N) is 1. The first-order valence-corrected chi connectivity index (χ1v) is 3.00. The van der Waals surface area contributed by atoms with E-state index in [0.29, 0.717) is 0 Å². The van der Waals surface area contributed by atoms with E-state index in [2.05, 4.69) is 11.4 Å². The molecule has 0 aromatic rings. The monoisotopic (exact) mass is 122 g/mol. The van der Waals surface area contributed by atoms with Gasteiger partial charge in [0.2, 0.25) is 5.91 Å². The van der Waals surface area contributed by atoms with Crippen LogP contribution in [0.1, 0.15) is 12.8 Å². The smallest absolute Gasteiger partial charge is 0.230 e. The van der Waals surface area contributed by atoms with E-state index in [1.165, 1.54) is 0 Å². The number of carbonyl (C=O) groups excluding carboxylic acids is 1. The first-order valence-electron chi connectivity index (χ1n) is 3.00. The molecule has 2 fully saturated rings. The fourth-order valence-corrected chi connectivity index (χ4v) is 1.27. The van der Waals surface area contributed by atoms with Crippen LogP contribution < -0.4 is 5.32 Å². The summed E-state index contributed by atoms with van der Waals surface area (Å²) >= 11 is 0. The SMILES string of the molecule is N#CC1NC(=O)C12CC2. The highest BCUT2D eigenvalue weighted by Crippen LogP contribution is 2.53. The minimum Gasteiger partial charge on any atom is -0.339 e. The van der Waals surface area contributed by atoms with E-state index in [4.69, 9.17) is 5.26 Å². The topological polar surface area (TPSA) is 52.9 Å². The van der Waals surface area contributed by atoms with Gasteiger partial charge in [-0.25, -0.2) is 0 Å². The average Bonchev–Trinajstić information content (AvgIpc) is 2.61. The van der Waals surface area contributed by atoms with E-state index in [1.807, 2.05) is 0 Å². The van der Waals surface area contributed by atoms with Gasteiger partial charge in [-0.05, 0) is 12.8 Å². The molecule has 0 bridgehead atoms. The summed E-state index contributed by atoms with van der Waals surface area (Å²) in [6.07, 6.45) is 1.83. The van der Waals surface area contributed by atoms with Crippen LogP contribution in [0.25, 0.3) is 0 Å². The lowest BCUT2D eigenvalue weighted by atomic mass is 9.88. The largest absolute Gasteiger partial charge is 0.339 e. The van der Waals surface area contributed by atoms with Crippen LogP contribution in [-0.2, 0) is 4.79 Å². The Hall–Kier alpha value is -1.04. The van der Waals surface area contributed by atoms with Crippen LogP contribution >= 0.6 is 0 Å². The molecule has 1 unspecified atom stereocenters. The van der Waals surface area contributed by atoms with Gasteiger partial charge in [-0.2, -0.15) is 5.26 Å². The second-order valence-corrected chi connectivity index (χ2v) is 2.69. The molecule has 1 atom stereocenters. The number of amides is 1. The van der Waals surface area contributed by atoms with Gasteiger partial charge in [0.15, 0.2) is 0 Å². The number of β-lactam (4-membered cyclic amide) rings is 1.